The van der Waals surface area contributed by atoms with Crippen molar-refractivity contribution in [2.45, 2.75) is 44.4 Å². The highest BCUT2D eigenvalue weighted by Gasteiger charge is 2.39. The highest BCUT2D eigenvalue weighted by molar-refractivity contribution is 5.99. The molecule has 10 heteroatoms. The number of carbonyl (C=O) groups excluding carboxylic acids is 3. The molecule has 3 atom stereocenters. The van der Waals surface area contributed by atoms with Crippen LogP contribution in [0.5, 0.6) is 5.75 Å². The largest absolute Gasteiger partial charge is 0.490 e. The molecule has 2 aliphatic heterocycles. The van der Waals surface area contributed by atoms with Crippen LogP contribution in [0.3, 0.4) is 0 Å². The summed E-state index contributed by atoms with van der Waals surface area (Å²) in [5, 5.41) is 8.18. The van der Waals surface area contributed by atoms with Gasteiger partial charge in [0.1, 0.15) is 18.5 Å². The molecule has 1 saturated heterocycles. The van der Waals surface area contributed by atoms with Gasteiger partial charge in [0, 0.05) is 32.9 Å². The Morgan fingerprint density at radius 3 is 2.81 bits per heavy atom. The molecule has 32 heavy (non-hydrogen) atoms. The van der Waals surface area contributed by atoms with Crippen molar-refractivity contribution in [3.8, 4) is 5.75 Å². The first kappa shape index (κ1) is 23.8. The number of likely N-dealkylation sites (N-methyl/N-ethyl adjacent to an activating group) is 1. The van der Waals surface area contributed by atoms with E-state index >= 15 is 0 Å². The Bertz CT molecular complexity index is 833. The van der Waals surface area contributed by atoms with Crippen LogP contribution in [0, 0.1) is 0 Å². The third-order valence-electron chi connectivity index (χ3n) is 5.65. The van der Waals surface area contributed by atoms with Crippen molar-refractivity contribution in [3.63, 3.8) is 0 Å². The summed E-state index contributed by atoms with van der Waals surface area (Å²) in [6, 6.07) is 4.49. The van der Waals surface area contributed by atoms with E-state index in [0.29, 0.717) is 49.5 Å². The van der Waals surface area contributed by atoms with Crippen LogP contribution in [0.2, 0.25) is 0 Å². The summed E-state index contributed by atoms with van der Waals surface area (Å²) in [5.74, 6) is 0.151. The van der Waals surface area contributed by atoms with E-state index in [0.717, 1.165) is 0 Å². The Kier molecular flexibility index (Phi) is 8.29. The fourth-order valence-corrected chi connectivity index (χ4v) is 4.01. The number of benzene rings is 1. The van der Waals surface area contributed by atoms with E-state index in [4.69, 9.17) is 14.2 Å². The summed E-state index contributed by atoms with van der Waals surface area (Å²) in [5.41, 5.74) is 0.900. The lowest BCUT2D eigenvalue weighted by atomic mass is 9.94. The Hall–Kier alpha value is -2.85. The topological polar surface area (TPSA) is 118 Å². The molecule has 1 aromatic carbocycles. The maximum atomic E-state index is 13.2. The molecule has 0 radical (unpaired) electrons. The number of amides is 4. The zero-order chi connectivity index (χ0) is 23.1. The molecule has 2 aliphatic rings. The van der Waals surface area contributed by atoms with Crippen molar-refractivity contribution in [3.05, 3.63) is 23.8 Å². The van der Waals surface area contributed by atoms with Crippen LogP contribution in [0.4, 0.5) is 10.5 Å². The molecule has 0 aliphatic carbocycles. The van der Waals surface area contributed by atoms with Gasteiger partial charge in [-0.15, -0.1) is 0 Å². The molecule has 0 spiro atoms. The quantitative estimate of drug-likeness (QED) is 0.542. The van der Waals surface area contributed by atoms with Crippen molar-refractivity contribution >= 4 is 23.5 Å². The molecular weight excluding hydrogens is 416 g/mol. The van der Waals surface area contributed by atoms with Crippen LogP contribution in [-0.4, -0.2) is 81.5 Å². The van der Waals surface area contributed by atoms with Crippen LogP contribution in [0.25, 0.3) is 0 Å². The monoisotopic (exact) mass is 448 g/mol. The summed E-state index contributed by atoms with van der Waals surface area (Å²) < 4.78 is 17.0. The lowest BCUT2D eigenvalue weighted by molar-refractivity contribution is -0.134. The van der Waals surface area contributed by atoms with Crippen molar-refractivity contribution in [2.75, 3.05) is 45.8 Å². The lowest BCUT2D eigenvalue weighted by Gasteiger charge is -2.42. The van der Waals surface area contributed by atoms with Gasteiger partial charge < -0.3 is 35.1 Å². The van der Waals surface area contributed by atoms with E-state index in [1.54, 1.807) is 37.3 Å². The normalized spacial score (nSPS) is 22.5. The van der Waals surface area contributed by atoms with Gasteiger partial charge in [-0.05, 0) is 38.0 Å². The predicted octanol–water partition coefficient (Wildman–Crippen LogP) is 1.36. The minimum absolute atomic E-state index is 0.0841. The number of rotatable bonds is 7. The second-order valence-corrected chi connectivity index (χ2v) is 7.91. The zero-order valence-corrected chi connectivity index (χ0v) is 18.8. The van der Waals surface area contributed by atoms with E-state index in [1.807, 2.05) is 6.92 Å². The summed E-state index contributed by atoms with van der Waals surface area (Å²) in [6.07, 6.45) is 1.07. The Morgan fingerprint density at radius 2 is 2.06 bits per heavy atom. The standard InChI is InChI=1S/C22H32N4O6/c1-4-23-22(29)25-14-5-8-18-16(11-14)21(28)26(2)17-7-6-15(32-19(17)13-31-18)12-20(27)24-9-10-30-3/h5,8,11,15,17,19H,4,6-7,9-10,12-13H2,1-3H3,(H,24,27)(H2,23,25,29)/t15-,17-,19+/m0/s1. The molecular formula is C22H32N4O6. The van der Waals surface area contributed by atoms with Gasteiger partial charge in [-0.25, -0.2) is 4.79 Å². The van der Waals surface area contributed by atoms with E-state index in [-0.39, 0.29) is 49.1 Å². The number of nitrogens with zero attached hydrogens (tertiary/aromatic N) is 1. The molecule has 3 N–H and O–H groups in total. The van der Waals surface area contributed by atoms with Crippen molar-refractivity contribution < 1.29 is 28.6 Å². The average Bonchev–Trinajstić information content (AvgIpc) is 2.77. The summed E-state index contributed by atoms with van der Waals surface area (Å²) >= 11 is 0. The average molecular weight is 449 g/mol. The van der Waals surface area contributed by atoms with Crippen molar-refractivity contribution in [2.24, 2.45) is 0 Å². The molecule has 176 valence electrons. The third-order valence-corrected chi connectivity index (χ3v) is 5.65. The number of hydrogen-bond acceptors (Lipinski definition) is 6. The molecule has 0 aromatic heterocycles. The van der Waals surface area contributed by atoms with Crippen LogP contribution in [0.1, 0.15) is 36.5 Å². The highest BCUT2D eigenvalue weighted by Crippen LogP contribution is 2.32. The first-order valence-corrected chi connectivity index (χ1v) is 10.9. The Morgan fingerprint density at radius 1 is 1.25 bits per heavy atom. The Labute approximate surface area is 187 Å². The highest BCUT2D eigenvalue weighted by atomic mass is 16.5. The first-order chi connectivity index (χ1) is 15.4. The van der Waals surface area contributed by atoms with E-state index in [9.17, 15) is 14.4 Å². The fourth-order valence-electron chi connectivity index (χ4n) is 4.01. The molecule has 10 nitrogen and oxygen atoms in total. The lowest BCUT2D eigenvalue weighted by Crippen LogP contribution is -2.54. The summed E-state index contributed by atoms with van der Waals surface area (Å²) in [6.45, 7) is 3.51. The van der Waals surface area contributed by atoms with Crippen LogP contribution in [0.15, 0.2) is 18.2 Å². The van der Waals surface area contributed by atoms with Gasteiger partial charge in [0.2, 0.25) is 5.91 Å². The Balaban J connectivity index is 1.67. The number of urea groups is 1. The van der Waals surface area contributed by atoms with Crippen LogP contribution in [-0.2, 0) is 14.3 Å². The summed E-state index contributed by atoms with van der Waals surface area (Å²) in [4.78, 5) is 38.8. The number of hydrogen-bond donors (Lipinski definition) is 3. The van der Waals surface area contributed by atoms with E-state index in [2.05, 4.69) is 16.0 Å². The minimum atomic E-state index is -0.337. The third kappa shape index (κ3) is 5.89. The van der Waals surface area contributed by atoms with E-state index in [1.165, 1.54) is 0 Å². The van der Waals surface area contributed by atoms with Crippen LogP contribution >= 0.6 is 0 Å². The second kappa shape index (κ2) is 11.1. The number of ether oxygens (including phenoxy) is 3. The smallest absolute Gasteiger partial charge is 0.319 e. The maximum absolute atomic E-state index is 13.2. The number of anilines is 1. The molecule has 0 saturated carbocycles. The van der Waals surface area contributed by atoms with E-state index < -0.39 is 0 Å². The van der Waals surface area contributed by atoms with Crippen molar-refractivity contribution in [1.29, 1.82) is 0 Å². The first-order valence-electron chi connectivity index (χ1n) is 10.9. The number of nitrogens with one attached hydrogen (secondary N) is 3. The molecule has 1 aromatic rings. The van der Waals surface area contributed by atoms with Crippen LogP contribution < -0.4 is 20.7 Å². The van der Waals surface area contributed by atoms with Gasteiger partial charge in [-0.1, -0.05) is 0 Å². The molecule has 1 fully saturated rings. The molecule has 0 unspecified atom stereocenters. The number of fused-ring (bicyclic) bond motifs is 2. The van der Waals surface area contributed by atoms with Gasteiger partial charge >= 0.3 is 6.03 Å². The van der Waals surface area contributed by atoms with Gasteiger partial charge in [-0.3, -0.25) is 9.59 Å². The van der Waals surface area contributed by atoms with Crippen molar-refractivity contribution in [1.82, 2.24) is 15.5 Å². The SMILES string of the molecule is CCNC(=O)Nc1ccc2c(c1)C(=O)N(C)[C@H]1CC[C@@H](CC(=O)NCCOC)O[C@@H]1CO2. The number of carbonyl (C=O) groups is 3. The predicted molar refractivity (Wildman–Crippen MR) is 118 cm³/mol. The molecule has 2 heterocycles. The minimum Gasteiger partial charge on any atom is -0.490 e. The zero-order valence-electron chi connectivity index (χ0n) is 18.8. The maximum Gasteiger partial charge on any atom is 0.319 e. The van der Waals surface area contributed by atoms with Gasteiger partial charge in [0.15, 0.2) is 0 Å². The van der Waals surface area contributed by atoms with Gasteiger partial charge in [0.25, 0.3) is 5.91 Å². The fraction of sp³-hybridized carbons (Fsp3) is 0.591. The second-order valence-electron chi connectivity index (χ2n) is 7.91. The number of methoxy groups -OCH3 is 1. The van der Waals surface area contributed by atoms with Gasteiger partial charge in [0.05, 0.1) is 30.7 Å². The summed E-state index contributed by atoms with van der Waals surface area (Å²) in [7, 11) is 3.34. The molecule has 4 amide bonds. The molecule has 0 bridgehead atoms. The van der Waals surface area contributed by atoms with Gasteiger partial charge in [-0.2, -0.15) is 0 Å². The molecule has 3 rings (SSSR count).